The first kappa shape index (κ1) is 26.6. The number of nitrogens with one attached hydrogen (secondary N) is 1. The van der Waals surface area contributed by atoms with Crippen molar-refractivity contribution in [3.63, 3.8) is 0 Å². The number of likely N-dealkylation sites (N-methyl/N-ethyl adjacent to an activating group) is 1. The van der Waals surface area contributed by atoms with Crippen LogP contribution in [0.15, 0.2) is 10.5 Å². The summed E-state index contributed by atoms with van der Waals surface area (Å²) in [6.07, 6.45) is 6.10. The Labute approximate surface area is 222 Å². The van der Waals surface area contributed by atoms with E-state index >= 15 is 0 Å². The normalized spacial score (nSPS) is 23.3. The van der Waals surface area contributed by atoms with Crippen molar-refractivity contribution in [2.75, 3.05) is 40.3 Å². The Hall–Kier alpha value is 0.586. The van der Waals surface area contributed by atoms with Crippen molar-refractivity contribution in [2.24, 2.45) is 5.73 Å². The number of nitrogens with two attached hydrogens (primary N) is 1. The molecule has 1 aliphatic carbocycles. The third kappa shape index (κ3) is 6.80. The Bertz CT molecular complexity index is 604. The van der Waals surface area contributed by atoms with Crippen LogP contribution < -0.4 is 57.1 Å². The zero-order valence-corrected chi connectivity index (χ0v) is 23.0. The second-order valence-corrected chi connectivity index (χ2v) is 8.60. The van der Waals surface area contributed by atoms with Crippen molar-refractivity contribution >= 4 is 21.8 Å². The minimum atomic E-state index is 0. The molecule has 0 spiro atoms. The third-order valence-corrected chi connectivity index (χ3v) is 6.19. The Morgan fingerprint density at radius 3 is 2.18 bits per heavy atom. The molecule has 1 saturated heterocycles. The smallest absolute Gasteiger partial charge is 0.619 e. The van der Waals surface area contributed by atoms with Crippen LogP contribution in [0.5, 0.6) is 0 Å². The van der Waals surface area contributed by atoms with Crippen LogP contribution in [0.4, 0.5) is 0 Å². The van der Waals surface area contributed by atoms with Crippen LogP contribution in [0.25, 0.3) is 5.43 Å². The molecule has 0 aromatic carbocycles. The van der Waals surface area contributed by atoms with E-state index in [9.17, 15) is 0 Å². The van der Waals surface area contributed by atoms with E-state index in [0.29, 0.717) is 11.6 Å². The molecule has 0 unspecified atom stereocenters. The number of rotatable bonds is 4. The molecule has 0 atom stereocenters. The van der Waals surface area contributed by atoms with Gasteiger partial charge in [0.15, 0.2) is 0 Å². The minimum absolute atomic E-state index is 0. The van der Waals surface area contributed by atoms with Crippen LogP contribution in [0.1, 0.15) is 63.3 Å². The molecule has 0 bridgehead atoms. The van der Waals surface area contributed by atoms with E-state index in [1.165, 1.54) is 64.0 Å². The van der Waals surface area contributed by atoms with Crippen molar-refractivity contribution < 1.29 is 51.4 Å². The zero-order valence-electron chi connectivity index (χ0n) is 18.3. The molecule has 0 amide bonds. The summed E-state index contributed by atoms with van der Waals surface area (Å²) in [5.74, 6) is 0.562. The summed E-state index contributed by atoms with van der Waals surface area (Å²) in [6, 6.07) is 2.83. The van der Waals surface area contributed by atoms with Crippen molar-refractivity contribution in [2.45, 2.75) is 57.9 Å². The van der Waals surface area contributed by atoms with Crippen molar-refractivity contribution in [1.82, 2.24) is 14.5 Å². The molecule has 1 saturated carbocycles. The second kappa shape index (κ2) is 13.1. The molecule has 0 radical (unpaired) electrons. The van der Waals surface area contributed by atoms with E-state index in [1.807, 2.05) is 4.68 Å². The minimum Gasteiger partial charge on any atom is -0.619 e. The summed E-state index contributed by atoms with van der Waals surface area (Å²) in [4.78, 5) is 5.09. The number of aromatic nitrogens is 1. The molecule has 1 aliphatic heterocycles. The predicted octanol–water partition coefficient (Wildman–Crippen LogP) is 0.995. The molecule has 8 heteroatoms. The molecule has 2 fully saturated rings. The van der Waals surface area contributed by atoms with Crippen molar-refractivity contribution in [3.05, 3.63) is 27.4 Å². The van der Waals surface area contributed by atoms with Crippen LogP contribution in [-0.2, 0) is 0 Å². The van der Waals surface area contributed by atoms with E-state index in [-0.39, 0.29) is 57.2 Å². The Balaban J connectivity index is 0.000000921. The summed E-state index contributed by atoms with van der Waals surface area (Å²) in [6.45, 7) is 9.03. The fraction of sp³-hybridized carbons (Fsp3) is 0.750. The number of nitrogens with zero attached hydrogens (tertiary/aromatic N) is 4. The molecule has 1 aromatic heterocycles. The van der Waals surface area contributed by atoms with Gasteiger partial charge in [0.25, 0.3) is 0 Å². The summed E-state index contributed by atoms with van der Waals surface area (Å²) >= 11 is 3.54. The topological polar surface area (TPSA) is 75.4 Å². The second-order valence-electron chi connectivity index (χ2n) is 7.74. The molecule has 28 heavy (non-hydrogen) atoms. The SMILES string of the molecule is CCC.C[N-]n1c(C2CCC(N3CCN(C)CC3)CC2)cc(Br)c1C(=N)N.[K+]. The summed E-state index contributed by atoms with van der Waals surface area (Å²) < 4.78 is 2.73. The van der Waals surface area contributed by atoms with Crippen LogP contribution in [0.2, 0.25) is 0 Å². The summed E-state index contributed by atoms with van der Waals surface area (Å²) in [7, 11) is 3.97. The fourth-order valence-corrected chi connectivity index (χ4v) is 4.78. The van der Waals surface area contributed by atoms with Crippen LogP contribution in [0, 0.1) is 5.41 Å². The molecular weight excluding hydrogens is 443 g/mol. The van der Waals surface area contributed by atoms with Crippen molar-refractivity contribution in [1.29, 1.82) is 5.41 Å². The van der Waals surface area contributed by atoms with Gasteiger partial charge in [0.05, 0.1) is 5.69 Å². The molecular formula is C20H36BrKN6. The standard InChI is InChI=1S/C17H28BrN6.C3H8.K/c1-21-24-15(11-14(18)16(24)17(19)20)12-3-5-13(6-4-12)23-9-7-22(2)8-10-23;1-3-2;/h11-13H,3-10H2,1-2H3,(H3,19,20);3H2,1-2H3;/q-1;;+1. The van der Waals surface area contributed by atoms with Crippen LogP contribution in [0.3, 0.4) is 0 Å². The van der Waals surface area contributed by atoms with Gasteiger partial charge < -0.3 is 20.7 Å². The maximum Gasteiger partial charge on any atom is 1.00 e. The first-order valence-electron chi connectivity index (χ1n) is 10.2. The van der Waals surface area contributed by atoms with E-state index in [1.54, 1.807) is 7.05 Å². The monoisotopic (exact) mass is 478 g/mol. The Morgan fingerprint density at radius 2 is 1.71 bits per heavy atom. The molecule has 3 rings (SSSR count). The number of amidine groups is 1. The third-order valence-electron chi connectivity index (χ3n) is 5.58. The van der Waals surface area contributed by atoms with Gasteiger partial charge in [-0.2, -0.15) is 0 Å². The molecule has 2 aliphatic rings. The van der Waals surface area contributed by atoms with Gasteiger partial charge in [-0.3, -0.25) is 10.3 Å². The van der Waals surface area contributed by atoms with E-state index < -0.39 is 0 Å². The van der Waals surface area contributed by atoms with Gasteiger partial charge in [-0.1, -0.05) is 20.3 Å². The Kier molecular flexibility index (Phi) is 12.5. The number of nitrogen functional groups attached to an aromatic ring is 1. The van der Waals surface area contributed by atoms with Gasteiger partial charge in [-0.25, -0.2) is 0 Å². The molecule has 154 valence electrons. The number of halogens is 1. The van der Waals surface area contributed by atoms with Gasteiger partial charge in [-0.05, 0) is 60.6 Å². The quantitative estimate of drug-likeness (QED) is 0.384. The van der Waals surface area contributed by atoms with E-state index in [0.717, 1.165) is 10.5 Å². The first-order valence-corrected chi connectivity index (χ1v) is 11.0. The zero-order chi connectivity index (χ0) is 20.0. The molecule has 6 nitrogen and oxygen atoms in total. The maximum atomic E-state index is 7.79. The number of hydrogen-bond acceptors (Lipinski definition) is 3. The van der Waals surface area contributed by atoms with Crippen LogP contribution >= 0.6 is 15.9 Å². The average Bonchev–Trinajstić information content (AvgIpc) is 3.00. The van der Waals surface area contributed by atoms with Gasteiger partial charge in [0.1, 0.15) is 5.84 Å². The summed E-state index contributed by atoms with van der Waals surface area (Å²) in [5, 5.41) is 7.79. The van der Waals surface area contributed by atoms with E-state index in [2.05, 4.69) is 58.1 Å². The predicted molar refractivity (Wildman–Crippen MR) is 118 cm³/mol. The van der Waals surface area contributed by atoms with Crippen LogP contribution in [-0.4, -0.2) is 66.6 Å². The molecule has 2 heterocycles. The fourth-order valence-electron chi connectivity index (χ4n) is 4.16. The number of hydrogen-bond donors (Lipinski definition) is 2. The van der Waals surface area contributed by atoms with Crippen molar-refractivity contribution in [3.8, 4) is 0 Å². The number of piperazine rings is 1. The average molecular weight is 480 g/mol. The van der Waals surface area contributed by atoms with Gasteiger partial charge in [0, 0.05) is 42.4 Å². The largest absolute Gasteiger partial charge is 1.00 e. The van der Waals surface area contributed by atoms with Gasteiger partial charge >= 0.3 is 51.4 Å². The first-order chi connectivity index (χ1) is 12.9. The summed E-state index contributed by atoms with van der Waals surface area (Å²) in [5.41, 5.74) is 11.9. The van der Waals surface area contributed by atoms with E-state index in [4.69, 9.17) is 11.1 Å². The maximum absolute atomic E-state index is 7.79. The molecule has 3 N–H and O–H groups in total. The Morgan fingerprint density at radius 1 is 1.18 bits per heavy atom. The molecule has 1 aromatic rings. The van der Waals surface area contributed by atoms with Gasteiger partial charge in [0.2, 0.25) is 0 Å². The van der Waals surface area contributed by atoms with Gasteiger partial charge in [-0.15, -0.1) is 7.05 Å².